The van der Waals surface area contributed by atoms with Gasteiger partial charge in [0, 0.05) is 26.2 Å². The predicted octanol–water partition coefficient (Wildman–Crippen LogP) is 1.06. The zero-order valence-electron chi connectivity index (χ0n) is 12.0. The Morgan fingerprint density at radius 2 is 2.25 bits per heavy atom. The number of amides is 1. The molecule has 1 N–H and O–H groups in total. The number of likely N-dealkylation sites (tertiary alicyclic amines) is 1. The number of hydrogen-bond acceptors (Lipinski definition) is 3. The maximum Gasteiger partial charge on any atom is 0.326 e. The number of rotatable bonds is 4. The summed E-state index contributed by atoms with van der Waals surface area (Å²) in [5, 5.41) is 13.3. The minimum Gasteiger partial charge on any atom is -0.480 e. The summed E-state index contributed by atoms with van der Waals surface area (Å²) in [7, 11) is 1.83. The molecule has 1 amide bonds. The van der Waals surface area contributed by atoms with Crippen LogP contribution in [0.1, 0.15) is 31.7 Å². The monoisotopic (exact) mass is 279 g/mol. The smallest absolute Gasteiger partial charge is 0.326 e. The van der Waals surface area contributed by atoms with Crippen molar-refractivity contribution in [2.75, 3.05) is 6.54 Å². The van der Waals surface area contributed by atoms with E-state index in [9.17, 15) is 14.7 Å². The van der Waals surface area contributed by atoms with Crippen molar-refractivity contribution in [3.8, 4) is 0 Å². The lowest BCUT2D eigenvalue weighted by atomic mass is 9.92. The molecular formula is C14H21N3O3. The highest BCUT2D eigenvalue weighted by atomic mass is 16.4. The number of aryl methyl sites for hydroxylation is 2. The van der Waals surface area contributed by atoms with E-state index in [0.717, 1.165) is 12.0 Å². The lowest BCUT2D eigenvalue weighted by molar-refractivity contribution is -0.153. The molecule has 1 aromatic rings. The van der Waals surface area contributed by atoms with E-state index in [-0.39, 0.29) is 5.91 Å². The van der Waals surface area contributed by atoms with Crippen molar-refractivity contribution in [3.05, 3.63) is 18.0 Å². The van der Waals surface area contributed by atoms with Crippen LogP contribution in [0.25, 0.3) is 0 Å². The minimum atomic E-state index is -0.897. The summed E-state index contributed by atoms with van der Waals surface area (Å²) in [6, 6.07) is -0.667. The van der Waals surface area contributed by atoms with Gasteiger partial charge in [-0.1, -0.05) is 6.92 Å². The maximum absolute atomic E-state index is 12.2. The quantitative estimate of drug-likeness (QED) is 0.894. The second-order valence-corrected chi connectivity index (χ2v) is 5.59. The highest BCUT2D eigenvalue weighted by Gasteiger charge is 2.34. The first-order valence-corrected chi connectivity index (χ1v) is 6.97. The summed E-state index contributed by atoms with van der Waals surface area (Å²) in [5.74, 6) is -0.613. The van der Waals surface area contributed by atoms with E-state index in [1.54, 1.807) is 10.9 Å². The van der Waals surface area contributed by atoms with Crippen LogP contribution in [-0.4, -0.2) is 44.3 Å². The van der Waals surface area contributed by atoms with Gasteiger partial charge in [0.1, 0.15) is 6.04 Å². The van der Waals surface area contributed by atoms with E-state index >= 15 is 0 Å². The molecule has 1 fully saturated rings. The molecule has 6 nitrogen and oxygen atoms in total. The molecule has 1 saturated heterocycles. The molecule has 20 heavy (non-hydrogen) atoms. The molecule has 2 atom stereocenters. The van der Waals surface area contributed by atoms with Crippen LogP contribution < -0.4 is 0 Å². The molecule has 0 aromatic carbocycles. The van der Waals surface area contributed by atoms with Gasteiger partial charge in [0.15, 0.2) is 0 Å². The summed E-state index contributed by atoms with van der Waals surface area (Å²) in [6.07, 6.45) is 5.98. The number of aromatic nitrogens is 2. The van der Waals surface area contributed by atoms with Gasteiger partial charge in [-0.15, -0.1) is 0 Å². The largest absolute Gasteiger partial charge is 0.480 e. The Labute approximate surface area is 118 Å². The van der Waals surface area contributed by atoms with Crippen LogP contribution in [0.4, 0.5) is 0 Å². The molecule has 2 heterocycles. The fraction of sp³-hybridized carbons (Fsp3) is 0.643. The van der Waals surface area contributed by atoms with Gasteiger partial charge in [-0.25, -0.2) is 4.79 Å². The lowest BCUT2D eigenvalue weighted by Crippen LogP contribution is -2.49. The molecule has 0 radical (unpaired) electrons. The van der Waals surface area contributed by atoms with Gasteiger partial charge in [-0.05, 0) is 30.7 Å². The van der Waals surface area contributed by atoms with Crippen LogP contribution >= 0.6 is 0 Å². The Morgan fingerprint density at radius 3 is 2.85 bits per heavy atom. The van der Waals surface area contributed by atoms with E-state index in [1.807, 2.05) is 20.2 Å². The third kappa shape index (κ3) is 3.37. The Hall–Kier alpha value is -1.85. The van der Waals surface area contributed by atoms with Gasteiger partial charge in [0.25, 0.3) is 0 Å². The van der Waals surface area contributed by atoms with Crippen LogP contribution in [0.15, 0.2) is 12.4 Å². The molecule has 1 aromatic heterocycles. The predicted molar refractivity (Wildman–Crippen MR) is 73.1 cm³/mol. The fourth-order valence-electron chi connectivity index (χ4n) is 2.67. The molecular weight excluding hydrogens is 258 g/mol. The summed E-state index contributed by atoms with van der Waals surface area (Å²) in [6.45, 7) is 2.58. The van der Waals surface area contributed by atoms with Gasteiger partial charge in [-0.2, -0.15) is 5.10 Å². The number of nitrogens with zero attached hydrogens (tertiary/aromatic N) is 3. The van der Waals surface area contributed by atoms with Crippen LogP contribution in [0, 0.1) is 5.92 Å². The highest BCUT2D eigenvalue weighted by Crippen LogP contribution is 2.23. The van der Waals surface area contributed by atoms with E-state index in [4.69, 9.17) is 0 Å². The average molecular weight is 279 g/mol. The Balaban J connectivity index is 1.94. The van der Waals surface area contributed by atoms with Crippen molar-refractivity contribution in [2.24, 2.45) is 13.0 Å². The molecule has 0 aliphatic carbocycles. The molecule has 1 aliphatic rings. The lowest BCUT2D eigenvalue weighted by Gasteiger charge is -2.36. The second-order valence-electron chi connectivity index (χ2n) is 5.59. The summed E-state index contributed by atoms with van der Waals surface area (Å²) in [4.78, 5) is 25.0. The Bertz CT molecular complexity index is 498. The molecule has 6 heteroatoms. The van der Waals surface area contributed by atoms with Crippen molar-refractivity contribution in [3.63, 3.8) is 0 Å². The molecule has 0 saturated carbocycles. The first-order chi connectivity index (χ1) is 9.47. The third-order valence-electron chi connectivity index (χ3n) is 3.86. The Morgan fingerprint density at radius 1 is 1.50 bits per heavy atom. The van der Waals surface area contributed by atoms with Crippen molar-refractivity contribution >= 4 is 11.9 Å². The molecule has 2 unspecified atom stereocenters. The fourth-order valence-corrected chi connectivity index (χ4v) is 2.67. The van der Waals surface area contributed by atoms with Crippen molar-refractivity contribution in [1.29, 1.82) is 0 Å². The second kappa shape index (κ2) is 6.07. The first kappa shape index (κ1) is 14.6. The number of aliphatic carboxylic acids is 1. The van der Waals surface area contributed by atoms with E-state index in [1.165, 1.54) is 4.90 Å². The zero-order valence-corrected chi connectivity index (χ0v) is 12.0. The third-order valence-corrected chi connectivity index (χ3v) is 3.86. The number of carboxylic acids is 1. The molecule has 1 aliphatic heterocycles. The Kier molecular flexibility index (Phi) is 4.42. The van der Waals surface area contributed by atoms with Crippen LogP contribution in [0.5, 0.6) is 0 Å². The average Bonchev–Trinajstić information content (AvgIpc) is 2.81. The number of carbonyl (C=O) groups is 2. The van der Waals surface area contributed by atoms with Crippen LogP contribution in [0.3, 0.4) is 0 Å². The first-order valence-electron chi connectivity index (χ1n) is 6.97. The molecule has 0 bridgehead atoms. The number of hydrogen-bond donors (Lipinski definition) is 1. The van der Waals surface area contributed by atoms with Gasteiger partial charge in [0.2, 0.25) is 5.91 Å². The molecule has 0 spiro atoms. The van der Waals surface area contributed by atoms with Crippen molar-refractivity contribution in [1.82, 2.24) is 14.7 Å². The number of carboxylic acid groups (broad SMARTS) is 1. The SMILES string of the molecule is CC1CCN(C(=O)CCc2cnn(C)c2)C(C(=O)O)C1. The number of piperidine rings is 1. The number of carbonyl (C=O) groups excluding carboxylic acids is 1. The van der Waals surface area contributed by atoms with E-state index < -0.39 is 12.0 Å². The van der Waals surface area contributed by atoms with E-state index in [2.05, 4.69) is 5.10 Å². The van der Waals surface area contributed by atoms with Gasteiger partial charge in [0.05, 0.1) is 6.20 Å². The molecule has 110 valence electrons. The van der Waals surface area contributed by atoms with Crippen molar-refractivity contribution in [2.45, 2.75) is 38.6 Å². The summed E-state index contributed by atoms with van der Waals surface area (Å²) < 4.78 is 1.70. The van der Waals surface area contributed by atoms with Gasteiger partial charge in [-0.3, -0.25) is 9.48 Å². The van der Waals surface area contributed by atoms with E-state index in [0.29, 0.717) is 31.7 Å². The van der Waals surface area contributed by atoms with Crippen LogP contribution in [0.2, 0.25) is 0 Å². The topological polar surface area (TPSA) is 75.4 Å². The summed E-state index contributed by atoms with van der Waals surface area (Å²) >= 11 is 0. The van der Waals surface area contributed by atoms with Gasteiger partial charge < -0.3 is 10.0 Å². The summed E-state index contributed by atoms with van der Waals surface area (Å²) in [5.41, 5.74) is 0.998. The molecule has 2 rings (SSSR count). The normalized spacial score (nSPS) is 22.8. The maximum atomic E-state index is 12.2. The van der Waals surface area contributed by atoms with Crippen LogP contribution in [-0.2, 0) is 23.1 Å². The minimum absolute atomic E-state index is 0.0758. The van der Waals surface area contributed by atoms with Gasteiger partial charge >= 0.3 is 5.97 Å². The highest BCUT2D eigenvalue weighted by molar-refractivity contribution is 5.84. The van der Waals surface area contributed by atoms with Crippen molar-refractivity contribution < 1.29 is 14.7 Å². The standard InChI is InChI=1S/C14H21N3O3/c1-10-5-6-17(12(7-10)14(19)20)13(18)4-3-11-8-15-16(2)9-11/h8-10,12H,3-7H2,1-2H3,(H,19,20). The zero-order chi connectivity index (χ0) is 14.7.